The van der Waals surface area contributed by atoms with E-state index in [0.29, 0.717) is 32.2 Å². The summed E-state index contributed by atoms with van der Waals surface area (Å²) in [5.41, 5.74) is 1.66. The van der Waals surface area contributed by atoms with Gasteiger partial charge in [-0.25, -0.2) is 9.78 Å². The first-order valence-electron chi connectivity index (χ1n) is 11.1. The van der Waals surface area contributed by atoms with Crippen molar-refractivity contribution >= 4 is 57.0 Å². The maximum Gasteiger partial charge on any atom is 0.331 e. The molecule has 1 saturated carbocycles. The van der Waals surface area contributed by atoms with Gasteiger partial charge in [0.25, 0.3) is 5.91 Å². The van der Waals surface area contributed by atoms with Crippen molar-refractivity contribution in [1.82, 2.24) is 15.6 Å². The third-order valence-corrected chi connectivity index (χ3v) is 6.85. The Hall–Kier alpha value is -3.79. The molecule has 1 aliphatic heterocycles. The number of amides is 4. The molecular formula is C24H26N6O3S. The molecule has 10 heteroatoms. The zero-order chi connectivity index (χ0) is 24.2. The highest BCUT2D eigenvalue weighted by atomic mass is 32.1. The molecule has 34 heavy (non-hydrogen) atoms. The second-order valence-corrected chi connectivity index (χ2v) is 8.87. The van der Waals surface area contributed by atoms with Gasteiger partial charge in [-0.1, -0.05) is 12.7 Å². The van der Waals surface area contributed by atoms with Crippen molar-refractivity contribution in [3.8, 4) is 0 Å². The fraction of sp³-hybridized carbons (Fsp3) is 0.292. The van der Waals surface area contributed by atoms with E-state index in [-0.39, 0.29) is 29.9 Å². The second-order valence-electron chi connectivity index (χ2n) is 7.87. The summed E-state index contributed by atoms with van der Waals surface area (Å²) >= 11 is 1.23. The number of urea groups is 1. The van der Waals surface area contributed by atoms with Crippen molar-refractivity contribution in [2.24, 2.45) is 4.99 Å². The van der Waals surface area contributed by atoms with Crippen LogP contribution in [0.25, 0.3) is 10.2 Å². The number of carbonyl (C=O) groups excluding carboxylic acids is 3. The fourth-order valence-corrected chi connectivity index (χ4v) is 5.30. The summed E-state index contributed by atoms with van der Waals surface area (Å²) in [7, 11) is 0. The topological polar surface area (TPSA) is 116 Å². The van der Waals surface area contributed by atoms with E-state index in [4.69, 9.17) is 0 Å². The minimum absolute atomic E-state index is 0.161. The number of thiophene rings is 1. The molecule has 4 rings (SSSR count). The lowest BCUT2D eigenvalue weighted by molar-refractivity contribution is -0.117. The second kappa shape index (κ2) is 10.0. The third kappa shape index (κ3) is 4.36. The number of hydrogen-bond donors (Lipinski definition) is 3. The molecule has 0 aromatic carbocycles. The first-order chi connectivity index (χ1) is 16.5. The fourth-order valence-electron chi connectivity index (χ4n) is 4.28. The first kappa shape index (κ1) is 23.4. The third-order valence-electron chi connectivity index (χ3n) is 5.75. The number of nitrogens with one attached hydrogen (secondary N) is 3. The van der Waals surface area contributed by atoms with E-state index < -0.39 is 0 Å². The lowest BCUT2D eigenvalue weighted by Gasteiger charge is -2.29. The summed E-state index contributed by atoms with van der Waals surface area (Å²) in [5.74, 6) is -0.566. The number of aromatic nitrogens is 1. The van der Waals surface area contributed by atoms with Crippen LogP contribution < -0.4 is 20.9 Å². The van der Waals surface area contributed by atoms with Crippen LogP contribution in [0.3, 0.4) is 0 Å². The lowest BCUT2D eigenvalue weighted by atomic mass is 10.1. The van der Waals surface area contributed by atoms with Crippen molar-refractivity contribution in [3.63, 3.8) is 0 Å². The van der Waals surface area contributed by atoms with Crippen LogP contribution in [-0.2, 0) is 4.79 Å². The average Bonchev–Trinajstić information content (AvgIpc) is 3.42. The van der Waals surface area contributed by atoms with Crippen molar-refractivity contribution < 1.29 is 14.4 Å². The van der Waals surface area contributed by atoms with Gasteiger partial charge in [0, 0.05) is 24.5 Å². The van der Waals surface area contributed by atoms with E-state index in [1.165, 1.54) is 22.3 Å². The summed E-state index contributed by atoms with van der Waals surface area (Å²) in [4.78, 5) is 49.4. The predicted octanol–water partition coefficient (Wildman–Crippen LogP) is 4.11. The number of anilines is 2. The van der Waals surface area contributed by atoms with Crippen molar-refractivity contribution in [3.05, 3.63) is 53.8 Å². The minimum atomic E-state index is -0.389. The number of hydrogen-bond acceptors (Lipinski definition) is 6. The molecule has 2 aliphatic rings. The van der Waals surface area contributed by atoms with Crippen LogP contribution >= 0.6 is 11.3 Å². The van der Waals surface area contributed by atoms with Crippen LogP contribution in [0, 0.1) is 0 Å². The molecule has 0 bridgehead atoms. The average molecular weight is 479 g/mol. The largest absolute Gasteiger partial charge is 0.348 e. The van der Waals surface area contributed by atoms with Gasteiger partial charge in [-0.05, 0) is 51.3 Å². The molecule has 0 spiro atoms. The molecule has 176 valence electrons. The van der Waals surface area contributed by atoms with Crippen LogP contribution in [0.15, 0.2) is 54.0 Å². The molecule has 0 saturated heterocycles. The number of nitrogens with zero attached hydrogens (tertiary/aromatic N) is 3. The normalized spacial score (nSPS) is 20.2. The summed E-state index contributed by atoms with van der Waals surface area (Å²) in [5, 5.41) is 9.51. The van der Waals surface area contributed by atoms with Crippen molar-refractivity contribution in [2.45, 2.75) is 45.2 Å². The zero-order valence-corrected chi connectivity index (χ0v) is 19.8. The number of aliphatic imine (C=N–C) groups is 1. The molecule has 0 radical (unpaired) electrons. The van der Waals surface area contributed by atoms with Gasteiger partial charge in [0.15, 0.2) is 0 Å². The quantitative estimate of drug-likeness (QED) is 0.315. The van der Waals surface area contributed by atoms with Gasteiger partial charge in [-0.2, -0.15) is 0 Å². The Labute approximate surface area is 201 Å². The molecule has 2 aromatic heterocycles. The highest BCUT2D eigenvalue weighted by Gasteiger charge is 2.35. The molecule has 2 atom stereocenters. The molecule has 9 nitrogen and oxygen atoms in total. The Kier molecular flexibility index (Phi) is 6.87. The molecular weight excluding hydrogens is 452 g/mol. The zero-order valence-electron chi connectivity index (χ0n) is 19.0. The highest BCUT2D eigenvalue weighted by molar-refractivity contribution is 7.21. The number of allylic oxidation sites excluding steroid dienone is 2. The molecule has 4 amide bonds. The van der Waals surface area contributed by atoms with Gasteiger partial charge in [0.2, 0.25) is 5.91 Å². The smallest absolute Gasteiger partial charge is 0.331 e. The van der Waals surface area contributed by atoms with Gasteiger partial charge in [-0.15, -0.1) is 11.3 Å². The maximum atomic E-state index is 13.3. The Morgan fingerprint density at radius 3 is 2.76 bits per heavy atom. The Bertz CT molecular complexity index is 1240. The van der Waals surface area contributed by atoms with Crippen LogP contribution in [0.2, 0.25) is 0 Å². The Balaban J connectivity index is 1.69. The van der Waals surface area contributed by atoms with Gasteiger partial charge in [0.1, 0.15) is 9.71 Å². The summed E-state index contributed by atoms with van der Waals surface area (Å²) in [6, 6.07) is 1.00. The summed E-state index contributed by atoms with van der Waals surface area (Å²) in [6.07, 6.45) is 12.1. The molecule has 2 aromatic rings. The van der Waals surface area contributed by atoms with Crippen LogP contribution in [0.4, 0.5) is 16.2 Å². The number of carbonyl (C=O) groups is 3. The number of pyridine rings is 1. The lowest BCUT2D eigenvalue weighted by Crippen LogP contribution is -2.48. The number of rotatable bonds is 7. The standard InChI is InChI=1S/C24H26N6O3S/c1-4-8-14(13-25-6-3)30-17-11-12-26-23-19(17)20(29-24(30)33)21(34-23)22(32)28-16-10-7-9-15(16)27-18(31)5-2/h4-6,8,11-13,15-16H,2,7,9-10H2,1,3H3,(H,27,31)(H,28,32)(H,29,33)/b8-4+,14-13+,25-6-. The Morgan fingerprint density at radius 1 is 1.29 bits per heavy atom. The molecule has 3 heterocycles. The monoisotopic (exact) mass is 478 g/mol. The van der Waals surface area contributed by atoms with Crippen LogP contribution in [0.1, 0.15) is 42.8 Å². The van der Waals surface area contributed by atoms with E-state index in [1.807, 2.05) is 13.0 Å². The van der Waals surface area contributed by atoms with Crippen molar-refractivity contribution in [2.75, 3.05) is 10.2 Å². The first-order valence-corrected chi connectivity index (χ1v) is 11.9. The molecule has 2 unspecified atom stereocenters. The van der Waals surface area contributed by atoms with E-state index in [2.05, 4.69) is 32.5 Å². The predicted molar refractivity (Wildman–Crippen MR) is 135 cm³/mol. The molecule has 3 N–H and O–H groups in total. The SMILES string of the molecule is C=CC(=O)NC1CCCC1NC(=O)c1sc2nccc3c2c1NC(=O)N3C(/C=C/C)=C/N=C\C. The van der Waals surface area contributed by atoms with E-state index in [9.17, 15) is 14.4 Å². The Morgan fingerprint density at radius 2 is 2.06 bits per heavy atom. The van der Waals surface area contributed by atoms with Gasteiger partial charge >= 0.3 is 6.03 Å². The van der Waals surface area contributed by atoms with E-state index in [1.54, 1.807) is 37.7 Å². The highest BCUT2D eigenvalue weighted by Crippen LogP contribution is 2.44. The van der Waals surface area contributed by atoms with Gasteiger partial charge in [-0.3, -0.25) is 19.5 Å². The maximum absolute atomic E-state index is 13.3. The summed E-state index contributed by atoms with van der Waals surface area (Å²) < 4.78 is 0. The van der Waals surface area contributed by atoms with E-state index >= 15 is 0 Å². The summed E-state index contributed by atoms with van der Waals surface area (Å²) in [6.45, 7) is 7.14. The van der Waals surface area contributed by atoms with Crippen LogP contribution in [0.5, 0.6) is 0 Å². The molecule has 1 aliphatic carbocycles. The van der Waals surface area contributed by atoms with Gasteiger partial charge in [0.05, 0.1) is 28.7 Å². The van der Waals surface area contributed by atoms with Gasteiger partial charge < -0.3 is 16.0 Å². The van der Waals surface area contributed by atoms with E-state index in [0.717, 1.165) is 19.3 Å². The molecule has 1 fully saturated rings. The van der Waals surface area contributed by atoms with Crippen molar-refractivity contribution in [1.29, 1.82) is 0 Å². The minimum Gasteiger partial charge on any atom is -0.348 e. The van der Waals surface area contributed by atoms with Crippen LogP contribution in [-0.4, -0.2) is 41.1 Å².